The fourth-order valence-corrected chi connectivity index (χ4v) is 19.7. The molecule has 0 saturated carbocycles. The van der Waals surface area contributed by atoms with Crippen molar-refractivity contribution in [2.24, 2.45) is 0 Å². The van der Waals surface area contributed by atoms with E-state index in [1.54, 1.807) is 0 Å². The van der Waals surface area contributed by atoms with Crippen LogP contribution in [0.5, 0.6) is 0 Å². The lowest BCUT2D eigenvalue weighted by Crippen LogP contribution is -2.65. The van der Waals surface area contributed by atoms with Crippen molar-refractivity contribution in [2.45, 2.75) is 103 Å². The maximum absolute atomic E-state index is 2.74. The number of rotatable bonds is 6. The molecule has 4 aliphatic heterocycles. The zero-order valence-corrected chi connectivity index (χ0v) is 59.2. The molecule has 102 heavy (non-hydrogen) atoms. The third-order valence-electron chi connectivity index (χ3n) is 24.9. The summed E-state index contributed by atoms with van der Waals surface area (Å²) in [6.45, 7) is 19.6. The summed E-state index contributed by atoms with van der Waals surface area (Å²) in [4.78, 5) is 10.6. The van der Waals surface area contributed by atoms with Crippen LogP contribution in [0.1, 0.15) is 103 Å². The van der Waals surface area contributed by atoms with Crippen LogP contribution >= 0.6 is 0 Å². The first-order chi connectivity index (χ1) is 49.6. The van der Waals surface area contributed by atoms with Crippen LogP contribution < -0.4 is 52.4 Å². The van der Waals surface area contributed by atoms with Crippen molar-refractivity contribution in [2.75, 3.05) is 19.6 Å². The van der Waals surface area contributed by atoms with Gasteiger partial charge in [0.2, 0.25) is 0 Å². The molecule has 2 aliphatic carbocycles. The number of hydrogen-bond donors (Lipinski definition) is 0. The van der Waals surface area contributed by atoms with Gasteiger partial charge in [0.05, 0.1) is 33.4 Å². The Morgan fingerprint density at radius 3 is 0.990 bits per heavy atom. The number of para-hydroxylation sites is 8. The molecule has 13 aromatic carbocycles. The Bertz CT molecular complexity index is 5970. The molecule has 0 amide bonds. The van der Waals surface area contributed by atoms with E-state index < -0.39 is 0 Å². The van der Waals surface area contributed by atoms with Gasteiger partial charge in [-0.15, -0.1) is 0 Å². The Balaban J connectivity index is 0.916. The van der Waals surface area contributed by atoms with E-state index in [0.717, 1.165) is 59.8 Å². The fraction of sp³-hybridized carbons (Fsp3) is 0.170. The Morgan fingerprint density at radius 1 is 0.225 bits per heavy atom. The smallest absolute Gasteiger partial charge is 0.252 e. The van der Waals surface area contributed by atoms with Gasteiger partial charge in [-0.1, -0.05) is 219 Å². The predicted molar refractivity (Wildman–Crippen MR) is 434 cm³/mol. The predicted octanol–water partition coefficient (Wildman–Crippen LogP) is 20.7. The van der Waals surface area contributed by atoms with Crippen LogP contribution in [0.25, 0.3) is 55.0 Å². The summed E-state index contributed by atoms with van der Waals surface area (Å²) in [7, 11) is 0. The first-order valence-electron chi connectivity index (χ1n) is 36.9. The maximum Gasteiger partial charge on any atom is 0.252 e. The van der Waals surface area contributed by atoms with Gasteiger partial charge in [-0.3, -0.25) is 0 Å². The molecular formula is C94H78B2N6. The van der Waals surface area contributed by atoms with E-state index in [1.165, 1.54) is 144 Å². The normalized spacial score (nSPS) is 16.7. The van der Waals surface area contributed by atoms with Gasteiger partial charge in [0, 0.05) is 89.8 Å². The molecule has 0 bridgehead atoms. The standard InChI is InChI=1S/C94H78B2N6/c1-91(2)46-47-92(3,4)70-50-62(44-45-69(70)91)100-82-56-72-71(93(5,6)48-49-94(72,7)8)55-74(82)96-76-57-75-83(58-84(76)99(61-32-16-11-17-33-61)87-53-64(54-88(100)90(87)96)102-79-41-25-20-36-67(79)68-37-21-26-42-80(68)102)98(60-30-14-10-15-31-60)86-52-63(101-77-39-23-18-34-65(77)66-35-19-24-40-78(66)101)51-85-89(86)95(75)73-38-22-27-43-81(73)97(85)59-28-12-9-13-29-59/h9-45,50-58H,46-49H2,1-8H3. The van der Waals surface area contributed by atoms with Gasteiger partial charge in [-0.25, -0.2) is 0 Å². The highest BCUT2D eigenvalue weighted by Crippen LogP contribution is 2.55. The molecule has 0 unspecified atom stereocenters. The van der Waals surface area contributed by atoms with E-state index in [0.29, 0.717) is 0 Å². The Kier molecular flexibility index (Phi) is 12.4. The lowest BCUT2D eigenvalue weighted by Gasteiger charge is -2.49. The van der Waals surface area contributed by atoms with Crippen LogP contribution in [-0.2, 0) is 21.7 Å². The molecule has 6 nitrogen and oxygen atoms in total. The summed E-state index contributed by atoms with van der Waals surface area (Å²) in [5, 5.41) is 4.96. The minimum Gasteiger partial charge on any atom is -0.311 e. The van der Waals surface area contributed by atoms with Gasteiger partial charge in [0.25, 0.3) is 13.4 Å². The van der Waals surface area contributed by atoms with Gasteiger partial charge >= 0.3 is 0 Å². The topological polar surface area (TPSA) is 22.8 Å². The molecule has 15 aromatic rings. The van der Waals surface area contributed by atoms with Crippen LogP contribution in [0.15, 0.2) is 279 Å². The summed E-state index contributed by atoms with van der Waals surface area (Å²) in [5.41, 5.74) is 34.6. The molecule has 8 heteroatoms. The lowest BCUT2D eigenvalue weighted by atomic mass is 9.30. The zero-order valence-electron chi connectivity index (χ0n) is 59.2. The van der Waals surface area contributed by atoms with Crippen molar-refractivity contribution in [3.63, 3.8) is 0 Å². The van der Waals surface area contributed by atoms with E-state index in [-0.39, 0.29) is 35.1 Å². The highest BCUT2D eigenvalue weighted by molar-refractivity contribution is 7.03. The van der Waals surface area contributed by atoms with Crippen LogP contribution in [0.2, 0.25) is 0 Å². The summed E-state index contributed by atoms with van der Waals surface area (Å²) in [6.07, 6.45) is 4.51. The van der Waals surface area contributed by atoms with Gasteiger partial charge in [0.15, 0.2) is 0 Å². The first kappa shape index (κ1) is 59.6. The second-order valence-corrected chi connectivity index (χ2v) is 32.5. The number of fused-ring (bicyclic) bond motifs is 16. The SMILES string of the molecule is CC1(C)CCC(C)(C)c2cc(N3c4cc5c(cc4B4c6cc7c(cc6N(c6ccccc6)c6cc(-n8c9ccccc9c9ccccc98)cc3c64)N(c3ccccc3)c3cc(-n4c6ccccc6c6ccccc64)cc4c3B7c3ccccc3N4c3ccccc3)C(C)(C)CCC5(C)C)ccc21. The van der Waals surface area contributed by atoms with Crippen molar-refractivity contribution in [3.05, 3.63) is 301 Å². The van der Waals surface area contributed by atoms with Crippen LogP contribution in [0.4, 0.5) is 68.2 Å². The second kappa shape index (κ2) is 21.2. The fourth-order valence-electron chi connectivity index (χ4n) is 19.7. The van der Waals surface area contributed by atoms with Crippen molar-refractivity contribution >= 4 is 158 Å². The molecule has 2 aromatic heterocycles. The third-order valence-corrected chi connectivity index (χ3v) is 24.9. The van der Waals surface area contributed by atoms with Gasteiger partial charge in [0.1, 0.15) is 0 Å². The van der Waals surface area contributed by atoms with Crippen LogP contribution in [0, 0.1) is 0 Å². The molecule has 0 N–H and O–H groups in total. The van der Waals surface area contributed by atoms with Crippen molar-refractivity contribution in [1.29, 1.82) is 0 Å². The van der Waals surface area contributed by atoms with Crippen molar-refractivity contribution in [1.82, 2.24) is 9.13 Å². The summed E-state index contributed by atoms with van der Waals surface area (Å²) >= 11 is 0. The summed E-state index contributed by atoms with van der Waals surface area (Å²) in [5.74, 6) is 0. The molecule has 6 heterocycles. The summed E-state index contributed by atoms with van der Waals surface area (Å²) < 4.78 is 5.08. The molecule has 0 fully saturated rings. The zero-order chi connectivity index (χ0) is 68.4. The van der Waals surface area contributed by atoms with Crippen LogP contribution in [0.3, 0.4) is 0 Å². The Labute approximate surface area is 598 Å². The van der Waals surface area contributed by atoms with Crippen LogP contribution in [-0.4, -0.2) is 22.6 Å². The maximum atomic E-state index is 2.74. The summed E-state index contributed by atoms with van der Waals surface area (Å²) in [6, 6.07) is 108. The lowest BCUT2D eigenvalue weighted by molar-refractivity contribution is 0.332. The average Bonchev–Trinajstić information content (AvgIpc) is 0.777. The molecular weight excluding hydrogens is 1230 g/mol. The van der Waals surface area contributed by atoms with E-state index in [2.05, 4.69) is 363 Å². The highest BCUT2D eigenvalue weighted by Gasteiger charge is 2.51. The van der Waals surface area contributed by atoms with E-state index in [4.69, 9.17) is 0 Å². The molecule has 0 saturated heterocycles. The molecule has 21 rings (SSSR count). The average molecular weight is 1310 g/mol. The number of hydrogen-bond acceptors (Lipinski definition) is 4. The first-order valence-corrected chi connectivity index (χ1v) is 36.9. The second-order valence-electron chi connectivity index (χ2n) is 32.5. The number of aromatic nitrogens is 2. The Hall–Kier alpha value is -11.2. The quantitative estimate of drug-likeness (QED) is 0.155. The minimum atomic E-state index is -0.184. The highest BCUT2D eigenvalue weighted by atomic mass is 15.2. The molecule has 6 aliphatic rings. The molecule has 0 atom stereocenters. The van der Waals surface area contributed by atoms with Crippen molar-refractivity contribution < 1.29 is 0 Å². The van der Waals surface area contributed by atoms with Crippen molar-refractivity contribution in [3.8, 4) is 11.4 Å². The van der Waals surface area contributed by atoms with Gasteiger partial charge < -0.3 is 28.7 Å². The monoisotopic (exact) mass is 1310 g/mol. The third kappa shape index (κ3) is 8.32. The molecule has 0 radical (unpaired) electrons. The molecule has 0 spiro atoms. The van der Waals surface area contributed by atoms with E-state index in [9.17, 15) is 0 Å². The number of anilines is 12. The largest absolute Gasteiger partial charge is 0.311 e. The van der Waals surface area contributed by atoms with E-state index in [1.807, 2.05) is 0 Å². The minimum absolute atomic E-state index is 0.0230. The number of benzene rings is 13. The number of nitrogens with zero attached hydrogens (tertiary/aromatic N) is 6. The molecule has 490 valence electrons. The van der Waals surface area contributed by atoms with E-state index >= 15 is 0 Å². The van der Waals surface area contributed by atoms with Gasteiger partial charge in [-0.2, -0.15) is 0 Å². The Morgan fingerprint density at radius 2 is 0.549 bits per heavy atom. The van der Waals surface area contributed by atoms with Gasteiger partial charge in [-0.05, 0) is 218 Å².